The van der Waals surface area contributed by atoms with E-state index in [-0.39, 0.29) is 36.5 Å². The summed E-state index contributed by atoms with van der Waals surface area (Å²) in [5.41, 5.74) is 4.97. The van der Waals surface area contributed by atoms with Gasteiger partial charge < -0.3 is 15.4 Å². The van der Waals surface area contributed by atoms with Crippen LogP contribution in [0, 0.1) is 0 Å². The van der Waals surface area contributed by atoms with Crippen LogP contribution in [0.2, 0.25) is 0 Å². The lowest BCUT2D eigenvalue weighted by Crippen LogP contribution is -2.50. The zero-order chi connectivity index (χ0) is 24.8. The number of benzene rings is 3. The van der Waals surface area contributed by atoms with Gasteiger partial charge in [0.05, 0.1) is 12.3 Å². The highest BCUT2D eigenvalue weighted by Crippen LogP contribution is 2.20. The zero-order valence-corrected chi connectivity index (χ0v) is 19.0. The van der Waals surface area contributed by atoms with Gasteiger partial charge in [-0.05, 0) is 79.7 Å². The maximum Gasteiger partial charge on any atom is 0.255 e. The van der Waals surface area contributed by atoms with Crippen molar-refractivity contribution in [2.45, 2.75) is 19.8 Å². The molecule has 9 nitrogen and oxygen atoms in total. The number of hydrogen-bond donors (Lipinski definition) is 3. The molecule has 35 heavy (non-hydrogen) atoms. The van der Waals surface area contributed by atoms with E-state index in [0.717, 1.165) is 5.75 Å². The minimum atomic E-state index is -0.350. The van der Waals surface area contributed by atoms with E-state index in [0.29, 0.717) is 34.8 Å². The number of hydrogen-bond acceptors (Lipinski definition) is 5. The highest BCUT2D eigenvalue weighted by Gasteiger charge is 2.24. The molecular formula is C26H24N4O5. The van der Waals surface area contributed by atoms with Gasteiger partial charge in [0.1, 0.15) is 5.75 Å². The van der Waals surface area contributed by atoms with E-state index in [1.807, 2.05) is 6.92 Å². The predicted octanol–water partition coefficient (Wildman–Crippen LogP) is 3.75. The smallest absolute Gasteiger partial charge is 0.255 e. The minimum Gasteiger partial charge on any atom is -0.494 e. The van der Waals surface area contributed by atoms with Gasteiger partial charge in [-0.1, -0.05) is 0 Å². The number of ether oxygens (including phenoxy) is 1. The molecule has 0 aliphatic carbocycles. The van der Waals surface area contributed by atoms with E-state index >= 15 is 0 Å². The lowest BCUT2D eigenvalue weighted by molar-refractivity contribution is -0.130. The van der Waals surface area contributed by atoms with Crippen LogP contribution in [0.3, 0.4) is 0 Å². The molecule has 1 aliphatic rings. The monoisotopic (exact) mass is 472 g/mol. The summed E-state index contributed by atoms with van der Waals surface area (Å²) >= 11 is 0. The van der Waals surface area contributed by atoms with Crippen molar-refractivity contribution in [3.8, 4) is 5.75 Å². The molecule has 9 heteroatoms. The Bertz CT molecular complexity index is 1240. The molecule has 1 saturated heterocycles. The molecule has 3 aromatic carbocycles. The van der Waals surface area contributed by atoms with Crippen molar-refractivity contribution >= 4 is 40.7 Å². The minimum absolute atomic E-state index is 0.141. The Hall–Kier alpha value is -4.66. The fourth-order valence-corrected chi connectivity index (χ4v) is 3.46. The second kappa shape index (κ2) is 10.5. The summed E-state index contributed by atoms with van der Waals surface area (Å²) in [5.74, 6) is -0.345. The molecule has 4 rings (SSSR count). The van der Waals surface area contributed by atoms with Crippen molar-refractivity contribution in [2.24, 2.45) is 0 Å². The largest absolute Gasteiger partial charge is 0.494 e. The Morgan fingerprint density at radius 2 is 1.31 bits per heavy atom. The first-order valence-corrected chi connectivity index (χ1v) is 11.1. The van der Waals surface area contributed by atoms with Crippen LogP contribution in [0.4, 0.5) is 17.1 Å². The topological polar surface area (TPSA) is 117 Å². The molecule has 0 bridgehead atoms. The number of carbonyl (C=O) groups excluding carboxylic acids is 4. The van der Waals surface area contributed by atoms with Gasteiger partial charge in [-0.3, -0.25) is 24.6 Å². The van der Waals surface area contributed by atoms with E-state index in [2.05, 4.69) is 16.1 Å². The molecule has 1 fully saturated rings. The molecule has 4 amide bonds. The standard InChI is InChI=1S/C26H24N4O5/c1-2-35-22-13-9-20(10-14-22)28-25(33)17-3-7-19(8-4-17)27-26(34)18-5-11-21(12-6-18)30-24(32)16-15-23(31)29-30/h3-14H,2,15-16H2,1H3,(H,27,34)(H,28,33)(H,29,31). The SMILES string of the molecule is CCOc1ccc(NC(=O)c2ccc(NC(=O)c3ccc(N4NC(=O)CCC4=O)cc3)cc2)cc1. The fraction of sp³-hybridized carbons (Fsp3) is 0.154. The van der Waals surface area contributed by atoms with Gasteiger partial charge in [-0.15, -0.1) is 0 Å². The third-order valence-corrected chi connectivity index (χ3v) is 5.27. The average Bonchev–Trinajstić information content (AvgIpc) is 2.87. The van der Waals surface area contributed by atoms with E-state index in [1.54, 1.807) is 72.8 Å². The molecule has 0 aromatic heterocycles. The van der Waals surface area contributed by atoms with E-state index < -0.39 is 0 Å². The molecule has 0 saturated carbocycles. The zero-order valence-electron chi connectivity index (χ0n) is 19.0. The van der Waals surface area contributed by atoms with Crippen LogP contribution in [0.25, 0.3) is 0 Å². The van der Waals surface area contributed by atoms with Crippen molar-refractivity contribution < 1.29 is 23.9 Å². The first kappa shape index (κ1) is 23.5. The number of rotatable bonds is 7. The van der Waals surface area contributed by atoms with E-state index in [9.17, 15) is 19.2 Å². The van der Waals surface area contributed by atoms with Gasteiger partial charge in [0.15, 0.2) is 0 Å². The highest BCUT2D eigenvalue weighted by atomic mass is 16.5. The van der Waals surface area contributed by atoms with Crippen molar-refractivity contribution in [3.05, 3.63) is 83.9 Å². The Balaban J connectivity index is 1.34. The van der Waals surface area contributed by atoms with Gasteiger partial charge in [0, 0.05) is 35.3 Å². The molecule has 3 N–H and O–H groups in total. The molecule has 3 aromatic rings. The van der Waals surface area contributed by atoms with Gasteiger partial charge in [0.2, 0.25) is 11.8 Å². The maximum absolute atomic E-state index is 12.6. The van der Waals surface area contributed by atoms with Gasteiger partial charge in [-0.25, -0.2) is 5.01 Å². The summed E-state index contributed by atoms with van der Waals surface area (Å²) < 4.78 is 5.39. The van der Waals surface area contributed by atoms with Crippen LogP contribution in [0.1, 0.15) is 40.5 Å². The van der Waals surface area contributed by atoms with Crippen LogP contribution in [0.15, 0.2) is 72.8 Å². The van der Waals surface area contributed by atoms with E-state index in [1.165, 1.54) is 5.01 Å². The van der Waals surface area contributed by atoms with Crippen LogP contribution in [-0.4, -0.2) is 30.2 Å². The third-order valence-electron chi connectivity index (χ3n) is 5.27. The lowest BCUT2D eigenvalue weighted by atomic mass is 10.1. The van der Waals surface area contributed by atoms with Crippen LogP contribution in [0.5, 0.6) is 5.75 Å². The number of carbonyl (C=O) groups is 4. The number of hydrazine groups is 1. The fourth-order valence-electron chi connectivity index (χ4n) is 3.46. The molecule has 178 valence electrons. The normalized spacial score (nSPS) is 13.1. The molecule has 0 atom stereocenters. The molecular weight excluding hydrogens is 448 g/mol. The van der Waals surface area contributed by atoms with Crippen molar-refractivity contribution in [1.82, 2.24) is 5.43 Å². The van der Waals surface area contributed by atoms with Crippen molar-refractivity contribution in [2.75, 3.05) is 22.2 Å². The van der Waals surface area contributed by atoms with Crippen LogP contribution < -0.4 is 25.8 Å². The lowest BCUT2D eigenvalue weighted by Gasteiger charge is -2.27. The number of nitrogens with zero attached hydrogens (tertiary/aromatic N) is 1. The summed E-state index contributed by atoms with van der Waals surface area (Å²) in [6.45, 7) is 2.47. The summed E-state index contributed by atoms with van der Waals surface area (Å²) in [6, 6.07) is 19.9. The summed E-state index contributed by atoms with van der Waals surface area (Å²) in [6.07, 6.45) is 0.306. The Morgan fingerprint density at radius 3 is 1.86 bits per heavy atom. The maximum atomic E-state index is 12.6. The molecule has 0 unspecified atom stereocenters. The summed E-state index contributed by atoms with van der Waals surface area (Å²) in [7, 11) is 0. The van der Waals surface area contributed by atoms with Crippen LogP contribution >= 0.6 is 0 Å². The number of nitrogens with one attached hydrogen (secondary N) is 3. The second-order valence-corrected chi connectivity index (χ2v) is 7.75. The quantitative estimate of drug-likeness (QED) is 0.484. The Morgan fingerprint density at radius 1 is 0.800 bits per heavy atom. The number of amides is 4. The predicted molar refractivity (Wildman–Crippen MR) is 131 cm³/mol. The second-order valence-electron chi connectivity index (χ2n) is 7.75. The molecule has 0 spiro atoms. The molecule has 1 heterocycles. The molecule has 1 aliphatic heterocycles. The van der Waals surface area contributed by atoms with Gasteiger partial charge >= 0.3 is 0 Å². The summed E-state index contributed by atoms with van der Waals surface area (Å²) in [4.78, 5) is 48.7. The number of anilines is 3. The third kappa shape index (κ3) is 5.83. The molecule has 0 radical (unpaired) electrons. The Kier molecular flexibility index (Phi) is 7.06. The highest BCUT2D eigenvalue weighted by molar-refractivity contribution is 6.07. The average molecular weight is 473 g/mol. The Labute approximate surface area is 202 Å². The van der Waals surface area contributed by atoms with Crippen molar-refractivity contribution in [3.63, 3.8) is 0 Å². The summed E-state index contributed by atoms with van der Waals surface area (Å²) in [5, 5.41) is 6.77. The van der Waals surface area contributed by atoms with E-state index in [4.69, 9.17) is 4.74 Å². The van der Waals surface area contributed by atoms with Crippen LogP contribution in [-0.2, 0) is 9.59 Å². The van der Waals surface area contributed by atoms with Crippen molar-refractivity contribution in [1.29, 1.82) is 0 Å². The van der Waals surface area contributed by atoms with Gasteiger partial charge in [-0.2, -0.15) is 0 Å². The first-order valence-electron chi connectivity index (χ1n) is 11.1. The van der Waals surface area contributed by atoms with Gasteiger partial charge in [0.25, 0.3) is 11.8 Å². The first-order chi connectivity index (χ1) is 16.9.